The number of rotatable bonds is 2. The van der Waals surface area contributed by atoms with E-state index in [1.165, 1.54) is 0 Å². The minimum Gasteiger partial charge on any atom is -0.352 e. The summed E-state index contributed by atoms with van der Waals surface area (Å²) in [6.07, 6.45) is 1.69. The standard InChI is InChI=1S/C20H21N7O/c1-13-11-16(17-14(2)24-25(3)19(17)23-13)20(28)27-9-7-26(8-10-27)18-15(12-21)5-4-6-22-18/h4-6,11H,7-10H2,1-3H3. The number of amides is 1. The van der Waals surface area contributed by atoms with Crippen LogP contribution in [0.5, 0.6) is 0 Å². The van der Waals surface area contributed by atoms with E-state index < -0.39 is 0 Å². The number of nitrogens with zero attached hydrogens (tertiary/aromatic N) is 7. The number of carbonyl (C=O) groups is 1. The van der Waals surface area contributed by atoms with Crippen LogP contribution in [-0.4, -0.2) is 56.7 Å². The molecule has 0 spiro atoms. The lowest BCUT2D eigenvalue weighted by atomic mass is 10.1. The number of fused-ring (bicyclic) bond motifs is 1. The molecule has 1 aliphatic heterocycles. The van der Waals surface area contributed by atoms with E-state index in [1.54, 1.807) is 23.0 Å². The molecule has 1 aliphatic rings. The number of carbonyl (C=O) groups excluding carboxylic acids is 1. The molecular formula is C20H21N7O. The fraction of sp³-hybridized carbons (Fsp3) is 0.350. The Kier molecular flexibility index (Phi) is 4.43. The number of nitriles is 1. The Morgan fingerprint density at radius 2 is 1.96 bits per heavy atom. The van der Waals surface area contributed by atoms with Crippen LogP contribution >= 0.6 is 0 Å². The van der Waals surface area contributed by atoms with Gasteiger partial charge in [-0.1, -0.05) is 0 Å². The van der Waals surface area contributed by atoms with Crippen LogP contribution in [0.2, 0.25) is 0 Å². The van der Waals surface area contributed by atoms with E-state index in [0.717, 1.165) is 22.4 Å². The molecule has 1 fully saturated rings. The molecule has 8 heteroatoms. The minimum atomic E-state index is -0.00669. The predicted octanol–water partition coefficient (Wildman–Crippen LogP) is 1.81. The van der Waals surface area contributed by atoms with Crippen molar-refractivity contribution >= 4 is 22.8 Å². The molecule has 1 saturated heterocycles. The summed E-state index contributed by atoms with van der Waals surface area (Å²) in [5.74, 6) is 0.676. The number of anilines is 1. The van der Waals surface area contributed by atoms with Crippen LogP contribution in [-0.2, 0) is 7.05 Å². The first-order valence-corrected chi connectivity index (χ1v) is 9.20. The predicted molar refractivity (Wildman–Crippen MR) is 105 cm³/mol. The molecule has 0 atom stereocenters. The van der Waals surface area contributed by atoms with Crippen LogP contribution in [0, 0.1) is 25.2 Å². The van der Waals surface area contributed by atoms with Gasteiger partial charge in [0.15, 0.2) is 5.65 Å². The maximum absolute atomic E-state index is 13.3. The lowest BCUT2D eigenvalue weighted by Crippen LogP contribution is -2.49. The highest BCUT2D eigenvalue weighted by Crippen LogP contribution is 2.24. The first kappa shape index (κ1) is 17.9. The van der Waals surface area contributed by atoms with Crippen LogP contribution in [0.25, 0.3) is 11.0 Å². The fourth-order valence-electron chi connectivity index (χ4n) is 3.77. The van der Waals surface area contributed by atoms with Crippen molar-refractivity contribution in [2.24, 2.45) is 7.05 Å². The van der Waals surface area contributed by atoms with Gasteiger partial charge in [0.1, 0.15) is 11.9 Å². The highest BCUT2D eigenvalue weighted by atomic mass is 16.2. The number of aromatic nitrogens is 4. The second-order valence-electron chi connectivity index (χ2n) is 6.98. The first-order chi connectivity index (χ1) is 13.5. The highest BCUT2D eigenvalue weighted by molar-refractivity contribution is 6.06. The zero-order valence-electron chi connectivity index (χ0n) is 16.2. The van der Waals surface area contributed by atoms with Gasteiger partial charge in [0.05, 0.1) is 22.2 Å². The second-order valence-corrected chi connectivity index (χ2v) is 6.98. The van der Waals surface area contributed by atoms with Crippen molar-refractivity contribution in [3.8, 4) is 6.07 Å². The molecule has 8 nitrogen and oxygen atoms in total. The summed E-state index contributed by atoms with van der Waals surface area (Å²) in [7, 11) is 1.84. The van der Waals surface area contributed by atoms with Gasteiger partial charge in [-0.25, -0.2) is 9.97 Å². The Morgan fingerprint density at radius 3 is 2.68 bits per heavy atom. The second kappa shape index (κ2) is 6.93. The summed E-state index contributed by atoms with van der Waals surface area (Å²) < 4.78 is 1.72. The van der Waals surface area contributed by atoms with Gasteiger partial charge in [-0.15, -0.1) is 0 Å². The lowest BCUT2D eigenvalue weighted by molar-refractivity contribution is 0.0748. The average molecular weight is 375 g/mol. The van der Waals surface area contributed by atoms with E-state index in [1.807, 2.05) is 31.9 Å². The summed E-state index contributed by atoms with van der Waals surface area (Å²) in [4.78, 5) is 26.1. The SMILES string of the molecule is Cc1cc(C(=O)N2CCN(c3ncccc3C#N)CC2)c2c(C)nn(C)c2n1. The Balaban J connectivity index is 1.59. The molecule has 4 rings (SSSR count). The zero-order valence-corrected chi connectivity index (χ0v) is 16.2. The molecule has 0 N–H and O–H groups in total. The number of piperazine rings is 1. The quantitative estimate of drug-likeness (QED) is 0.678. The molecule has 0 saturated carbocycles. The molecular weight excluding hydrogens is 354 g/mol. The van der Waals surface area contributed by atoms with E-state index >= 15 is 0 Å². The third-order valence-corrected chi connectivity index (χ3v) is 5.10. The van der Waals surface area contributed by atoms with Crippen molar-refractivity contribution < 1.29 is 4.79 Å². The normalized spacial score (nSPS) is 14.4. The topological polar surface area (TPSA) is 90.9 Å². The van der Waals surface area contributed by atoms with Gasteiger partial charge in [0.25, 0.3) is 5.91 Å². The fourth-order valence-corrected chi connectivity index (χ4v) is 3.77. The van der Waals surface area contributed by atoms with Gasteiger partial charge in [-0.3, -0.25) is 9.48 Å². The summed E-state index contributed by atoms with van der Waals surface area (Å²) in [6, 6.07) is 7.56. The summed E-state index contributed by atoms with van der Waals surface area (Å²) in [5, 5.41) is 14.5. The first-order valence-electron chi connectivity index (χ1n) is 9.20. The van der Waals surface area contributed by atoms with E-state index in [-0.39, 0.29) is 5.91 Å². The molecule has 0 radical (unpaired) electrons. The molecule has 3 aromatic rings. The Morgan fingerprint density at radius 1 is 1.21 bits per heavy atom. The van der Waals surface area contributed by atoms with Crippen molar-refractivity contribution in [3.05, 3.63) is 46.9 Å². The van der Waals surface area contributed by atoms with Gasteiger partial charge >= 0.3 is 0 Å². The van der Waals surface area contributed by atoms with Gasteiger partial charge < -0.3 is 9.80 Å². The summed E-state index contributed by atoms with van der Waals surface area (Å²) >= 11 is 0. The lowest BCUT2D eigenvalue weighted by Gasteiger charge is -2.35. The van der Waals surface area contributed by atoms with Crippen molar-refractivity contribution in [2.75, 3.05) is 31.1 Å². The van der Waals surface area contributed by atoms with Crippen molar-refractivity contribution in [1.29, 1.82) is 5.26 Å². The highest BCUT2D eigenvalue weighted by Gasteiger charge is 2.27. The maximum atomic E-state index is 13.3. The van der Waals surface area contributed by atoms with E-state index in [4.69, 9.17) is 0 Å². The maximum Gasteiger partial charge on any atom is 0.254 e. The smallest absolute Gasteiger partial charge is 0.254 e. The molecule has 1 amide bonds. The van der Waals surface area contributed by atoms with Gasteiger partial charge in [0.2, 0.25) is 0 Å². The van der Waals surface area contributed by atoms with Crippen molar-refractivity contribution in [3.63, 3.8) is 0 Å². The van der Waals surface area contributed by atoms with Crippen LogP contribution in [0.1, 0.15) is 27.3 Å². The average Bonchev–Trinajstić information content (AvgIpc) is 3.00. The monoisotopic (exact) mass is 375 g/mol. The zero-order chi connectivity index (χ0) is 19.8. The molecule has 0 aromatic carbocycles. The number of hydrogen-bond donors (Lipinski definition) is 0. The van der Waals surface area contributed by atoms with Crippen molar-refractivity contribution in [2.45, 2.75) is 13.8 Å². The third kappa shape index (κ3) is 2.95. The van der Waals surface area contributed by atoms with Crippen molar-refractivity contribution in [1.82, 2.24) is 24.6 Å². The largest absolute Gasteiger partial charge is 0.352 e. The Labute approximate surface area is 163 Å². The van der Waals surface area contributed by atoms with E-state index in [2.05, 4.69) is 26.0 Å². The van der Waals surface area contributed by atoms with E-state index in [0.29, 0.717) is 43.1 Å². The summed E-state index contributed by atoms with van der Waals surface area (Å²) in [5.41, 5.74) is 3.53. The number of hydrogen-bond acceptors (Lipinski definition) is 6. The molecule has 28 heavy (non-hydrogen) atoms. The van der Waals surface area contributed by atoms with Gasteiger partial charge in [-0.2, -0.15) is 10.4 Å². The molecule has 0 bridgehead atoms. The van der Waals surface area contributed by atoms with Crippen LogP contribution in [0.15, 0.2) is 24.4 Å². The van der Waals surface area contributed by atoms with Gasteiger partial charge in [-0.05, 0) is 32.0 Å². The molecule has 0 aliphatic carbocycles. The van der Waals surface area contributed by atoms with Crippen LogP contribution < -0.4 is 4.90 Å². The molecule has 4 heterocycles. The summed E-state index contributed by atoms with van der Waals surface area (Å²) in [6.45, 7) is 6.21. The van der Waals surface area contributed by atoms with Crippen LogP contribution in [0.4, 0.5) is 5.82 Å². The number of aryl methyl sites for hydroxylation is 3. The third-order valence-electron chi connectivity index (χ3n) is 5.10. The van der Waals surface area contributed by atoms with Crippen LogP contribution in [0.3, 0.4) is 0 Å². The molecule has 3 aromatic heterocycles. The molecule has 0 unspecified atom stereocenters. The Hall–Kier alpha value is -3.47. The molecule has 142 valence electrons. The van der Waals surface area contributed by atoms with Gasteiger partial charge in [0, 0.05) is 45.1 Å². The Bertz CT molecular complexity index is 1100. The minimum absolute atomic E-state index is 0.00669. The van der Waals surface area contributed by atoms with E-state index in [9.17, 15) is 10.1 Å². The number of pyridine rings is 2.